The van der Waals surface area contributed by atoms with E-state index >= 15 is 0 Å². The lowest BCUT2D eigenvalue weighted by atomic mass is 10.2. The number of hydrogen-bond acceptors (Lipinski definition) is 4. The topological polar surface area (TPSA) is 101 Å². The molecule has 8 nitrogen and oxygen atoms in total. The number of aromatic nitrogens is 3. The molecule has 4 aromatic rings. The molecule has 31 heavy (non-hydrogen) atoms. The number of fused-ring (bicyclic) bond motifs is 1. The molecule has 0 unspecified atom stereocenters. The number of rotatable bonds is 5. The monoisotopic (exact) mass is 414 g/mol. The van der Waals surface area contributed by atoms with Gasteiger partial charge < -0.3 is 16.0 Å². The molecule has 0 fully saturated rings. The summed E-state index contributed by atoms with van der Waals surface area (Å²) in [5.41, 5.74) is 3.36. The minimum atomic E-state index is -0.320. The predicted molar refractivity (Wildman–Crippen MR) is 121 cm³/mol. The Bertz CT molecular complexity index is 1230. The van der Waals surface area contributed by atoms with Gasteiger partial charge in [0.1, 0.15) is 12.1 Å². The second-order valence-electron chi connectivity index (χ2n) is 7.30. The van der Waals surface area contributed by atoms with E-state index in [2.05, 4.69) is 25.9 Å². The van der Waals surface area contributed by atoms with E-state index in [-0.39, 0.29) is 18.0 Å². The van der Waals surface area contributed by atoms with Crippen LogP contribution in [0.5, 0.6) is 0 Å². The van der Waals surface area contributed by atoms with E-state index in [1.807, 2.05) is 48.7 Å². The lowest BCUT2D eigenvalue weighted by molar-refractivity contribution is 0.102. The third kappa shape index (κ3) is 4.69. The van der Waals surface area contributed by atoms with Gasteiger partial charge in [-0.15, -0.1) is 0 Å². The SMILES string of the molecule is CC(C)NC(=O)Nc1cccc(C(=O)Nc2ccc(-n3cnc4ccccc43)nc2)c1. The number of para-hydroxylation sites is 2. The molecule has 156 valence electrons. The highest BCUT2D eigenvalue weighted by Gasteiger charge is 2.10. The van der Waals surface area contributed by atoms with Crippen molar-refractivity contribution in [1.29, 1.82) is 0 Å². The average Bonchev–Trinajstić information content (AvgIpc) is 3.18. The quantitative estimate of drug-likeness (QED) is 0.455. The van der Waals surface area contributed by atoms with Crippen LogP contribution in [0, 0.1) is 0 Å². The Morgan fingerprint density at radius 2 is 1.74 bits per heavy atom. The highest BCUT2D eigenvalue weighted by molar-refractivity contribution is 6.05. The molecule has 3 N–H and O–H groups in total. The minimum Gasteiger partial charge on any atom is -0.336 e. The number of amides is 3. The normalized spacial score (nSPS) is 10.8. The number of pyridine rings is 1. The van der Waals surface area contributed by atoms with Crippen molar-refractivity contribution in [3.05, 3.63) is 78.8 Å². The van der Waals surface area contributed by atoms with E-state index < -0.39 is 0 Å². The van der Waals surface area contributed by atoms with Crippen molar-refractivity contribution < 1.29 is 9.59 Å². The Morgan fingerprint density at radius 1 is 0.903 bits per heavy atom. The number of hydrogen-bond donors (Lipinski definition) is 3. The molecule has 0 spiro atoms. The van der Waals surface area contributed by atoms with Gasteiger partial charge in [0.15, 0.2) is 0 Å². The Morgan fingerprint density at radius 3 is 2.52 bits per heavy atom. The maximum Gasteiger partial charge on any atom is 0.319 e. The number of nitrogens with zero attached hydrogens (tertiary/aromatic N) is 3. The summed E-state index contributed by atoms with van der Waals surface area (Å²) < 4.78 is 1.89. The van der Waals surface area contributed by atoms with Crippen LogP contribution >= 0.6 is 0 Å². The van der Waals surface area contributed by atoms with Gasteiger partial charge in [0, 0.05) is 17.3 Å². The first-order valence-corrected chi connectivity index (χ1v) is 9.87. The van der Waals surface area contributed by atoms with E-state index in [4.69, 9.17) is 0 Å². The fourth-order valence-corrected chi connectivity index (χ4v) is 3.12. The van der Waals surface area contributed by atoms with Gasteiger partial charge in [-0.25, -0.2) is 14.8 Å². The molecule has 0 saturated heterocycles. The van der Waals surface area contributed by atoms with Gasteiger partial charge in [0.05, 0.1) is 22.9 Å². The summed E-state index contributed by atoms with van der Waals surface area (Å²) in [6.45, 7) is 3.75. The molecule has 4 rings (SSSR count). The summed E-state index contributed by atoms with van der Waals surface area (Å²) in [5.74, 6) is 0.407. The van der Waals surface area contributed by atoms with Crippen LogP contribution in [-0.2, 0) is 0 Å². The third-order valence-electron chi connectivity index (χ3n) is 4.51. The summed E-state index contributed by atoms with van der Waals surface area (Å²) in [5, 5.41) is 8.29. The number of carbonyl (C=O) groups is 2. The van der Waals surface area contributed by atoms with Crippen LogP contribution in [0.4, 0.5) is 16.2 Å². The van der Waals surface area contributed by atoms with Gasteiger partial charge >= 0.3 is 6.03 Å². The van der Waals surface area contributed by atoms with Gasteiger partial charge in [-0.1, -0.05) is 18.2 Å². The molecule has 2 aromatic carbocycles. The largest absolute Gasteiger partial charge is 0.336 e. The van der Waals surface area contributed by atoms with Gasteiger partial charge in [-0.05, 0) is 56.3 Å². The standard InChI is InChI=1S/C23H22N6O2/c1-15(2)26-23(31)28-17-7-5-6-16(12-17)22(30)27-18-10-11-21(24-13-18)29-14-25-19-8-3-4-9-20(19)29/h3-15H,1-2H3,(H,27,30)(H2,26,28,31). The molecular weight excluding hydrogens is 392 g/mol. The van der Waals surface area contributed by atoms with Crippen molar-refractivity contribution in [2.45, 2.75) is 19.9 Å². The number of carbonyl (C=O) groups excluding carboxylic acids is 2. The highest BCUT2D eigenvalue weighted by atomic mass is 16.2. The van der Waals surface area contributed by atoms with E-state index in [1.54, 1.807) is 42.9 Å². The second kappa shape index (κ2) is 8.66. The Hall–Kier alpha value is -4.20. The summed E-state index contributed by atoms with van der Waals surface area (Å²) in [4.78, 5) is 33.3. The number of imidazole rings is 1. The second-order valence-corrected chi connectivity index (χ2v) is 7.30. The fourth-order valence-electron chi connectivity index (χ4n) is 3.12. The zero-order valence-electron chi connectivity index (χ0n) is 17.2. The third-order valence-corrected chi connectivity index (χ3v) is 4.51. The van der Waals surface area contributed by atoms with Crippen molar-refractivity contribution in [3.63, 3.8) is 0 Å². The molecule has 0 atom stereocenters. The smallest absolute Gasteiger partial charge is 0.319 e. The van der Waals surface area contributed by atoms with Crippen LogP contribution in [-0.4, -0.2) is 32.5 Å². The summed E-state index contributed by atoms with van der Waals surface area (Å²) in [6.07, 6.45) is 3.32. The van der Waals surface area contributed by atoms with Crippen LogP contribution in [0.1, 0.15) is 24.2 Å². The molecule has 3 amide bonds. The molecule has 2 heterocycles. The zero-order valence-corrected chi connectivity index (χ0v) is 17.2. The van der Waals surface area contributed by atoms with Crippen LogP contribution in [0.15, 0.2) is 73.2 Å². The first kappa shape index (κ1) is 20.1. The molecule has 0 radical (unpaired) electrons. The van der Waals surface area contributed by atoms with Crippen LogP contribution in [0.3, 0.4) is 0 Å². The van der Waals surface area contributed by atoms with Gasteiger partial charge in [0.2, 0.25) is 0 Å². The van der Waals surface area contributed by atoms with Gasteiger partial charge in [-0.2, -0.15) is 0 Å². The number of nitrogens with one attached hydrogen (secondary N) is 3. The molecule has 0 saturated carbocycles. The van der Waals surface area contributed by atoms with Gasteiger partial charge in [0.25, 0.3) is 5.91 Å². The molecular formula is C23H22N6O2. The van der Waals surface area contributed by atoms with Crippen LogP contribution in [0.2, 0.25) is 0 Å². The van der Waals surface area contributed by atoms with Crippen molar-refractivity contribution in [3.8, 4) is 5.82 Å². The van der Waals surface area contributed by atoms with E-state index in [1.165, 1.54) is 0 Å². The molecule has 0 aliphatic carbocycles. The molecule has 8 heteroatoms. The number of benzene rings is 2. The molecule has 0 bridgehead atoms. The van der Waals surface area contributed by atoms with Crippen LogP contribution in [0.25, 0.3) is 16.9 Å². The average molecular weight is 414 g/mol. The lowest BCUT2D eigenvalue weighted by Crippen LogP contribution is -2.34. The minimum absolute atomic E-state index is 0.0160. The van der Waals surface area contributed by atoms with Crippen molar-refractivity contribution in [1.82, 2.24) is 19.9 Å². The first-order chi connectivity index (χ1) is 15.0. The van der Waals surface area contributed by atoms with E-state index in [0.29, 0.717) is 22.8 Å². The van der Waals surface area contributed by atoms with Crippen molar-refractivity contribution in [2.24, 2.45) is 0 Å². The zero-order chi connectivity index (χ0) is 21.8. The number of urea groups is 1. The van der Waals surface area contributed by atoms with E-state index in [0.717, 1.165) is 11.0 Å². The molecule has 0 aliphatic heterocycles. The van der Waals surface area contributed by atoms with E-state index in [9.17, 15) is 9.59 Å². The Kier molecular flexibility index (Phi) is 5.61. The summed E-state index contributed by atoms with van der Waals surface area (Å²) in [7, 11) is 0. The maximum absolute atomic E-state index is 12.6. The fraction of sp³-hybridized carbons (Fsp3) is 0.130. The number of anilines is 2. The van der Waals surface area contributed by atoms with Crippen molar-refractivity contribution in [2.75, 3.05) is 10.6 Å². The molecule has 2 aromatic heterocycles. The Labute approximate surface area is 179 Å². The summed E-state index contributed by atoms with van der Waals surface area (Å²) >= 11 is 0. The van der Waals surface area contributed by atoms with Crippen molar-refractivity contribution >= 4 is 34.3 Å². The Balaban J connectivity index is 1.45. The summed E-state index contributed by atoms with van der Waals surface area (Å²) in [6, 6.07) is 17.8. The highest BCUT2D eigenvalue weighted by Crippen LogP contribution is 2.18. The lowest BCUT2D eigenvalue weighted by Gasteiger charge is -2.11. The first-order valence-electron chi connectivity index (χ1n) is 9.87. The molecule has 0 aliphatic rings. The van der Waals surface area contributed by atoms with Gasteiger partial charge in [-0.3, -0.25) is 9.36 Å². The maximum atomic E-state index is 12.6. The van der Waals surface area contributed by atoms with Crippen LogP contribution < -0.4 is 16.0 Å². The predicted octanol–water partition coefficient (Wildman–Crippen LogP) is 4.20.